The van der Waals surface area contributed by atoms with E-state index in [9.17, 15) is 4.79 Å². The lowest BCUT2D eigenvalue weighted by molar-refractivity contribution is 0.0595. The fourth-order valence-electron chi connectivity index (χ4n) is 1.93. The zero-order valence-electron chi connectivity index (χ0n) is 10.3. The van der Waals surface area contributed by atoms with Crippen LogP contribution in [0.25, 0.3) is 10.9 Å². The summed E-state index contributed by atoms with van der Waals surface area (Å²) in [5.74, 6) is -0.346. The number of rotatable bonds is 3. The van der Waals surface area contributed by atoms with E-state index in [0.717, 1.165) is 35.1 Å². The van der Waals surface area contributed by atoms with Crippen molar-refractivity contribution >= 4 is 16.9 Å². The Kier molecular flexibility index (Phi) is 3.13. The molecule has 0 unspecified atom stereocenters. The van der Waals surface area contributed by atoms with Crippen molar-refractivity contribution in [3.63, 3.8) is 0 Å². The minimum absolute atomic E-state index is 0.346. The highest BCUT2D eigenvalue weighted by molar-refractivity contribution is 5.95. The number of aromatic nitrogens is 2. The Morgan fingerprint density at radius 1 is 1.35 bits per heavy atom. The number of ether oxygens (including phenoxy) is 1. The molecule has 17 heavy (non-hydrogen) atoms. The smallest absolute Gasteiger partial charge is 0.354 e. The van der Waals surface area contributed by atoms with Gasteiger partial charge in [-0.1, -0.05) is 13.8 Å². The van der Waals surface area contributed by atoms with Crippen LogP contribution in [0.3, 0.4) is 0 Å². The fraction of sp³-hybridized carbons (Fsp3) is 0.385. The van der Waals surface area contributed by atoms with E-state index >= 15 is 0 Å². The van der Waals surface area contributed by atoms with Crippen LogP contribution in [0.15, 0.2) is 12.1 Å². The van der Waals surface area contributed by atoms with Gasteiger partial charge in [0.15, 0.2) is 0 Å². The topological polar surface area (TPSA) is 55.0 Å². The van der Waals surface area contributed by atoms with Crippen molar-refractivity contribution in [2.75, 3.05) is 7.11 Å². The first-order valence-electron chi connectivity index (χ1n) is 5.79. The number of nitrogens with zero attached hydrogens (tertiary/aromatic N) is 1. The number of hydrogen-bond donors (Lipinski definition) is 1. The number of fused-ring (bicyclic) bond motifs is 1. The van der Waals surface area contributed by atoms with Gasteiger partial charge in [-0.25, -0.2) is 4.79 Å². The summed E-state index contributed by atoms with van der Waals surface area (Å²) in [7, 11) is 1.38. The van der Waals surface area contributed by atoms with Crippen molar-refractivity contribution in [1.29, 1.82) is 0 Å². The number of aryl methyl sites for hydroxylation is 2. The number of hydrogen-bond acceptors (Lipinski definition) is 3. The molecule has 0 atom stereocenters. The Labute approximate surface area is 100 Å². The molecule has 0 aromatic carbocycles. The second-order valence-electron chi connectivity index (χ2n) is 3.90. The maximum atomic E-state index is 11.5. The van der Waals surface area contributed by atoms with Crippen LogP contribution >= 0.6 is 0 Å². The second-order valence-corrected chi connectivity index (χ2v) is 3.90. The predicted octanol–water partition coefficient (Wildman–Crippen LogP) is 2.47. The molecule has 0 radical (unpaired) electrons. The van der Waals surface area contributed by atoms with Crippen LogP contribution in [-0.4, -0.2) is 23.0 Å². The number of H-pyrrole nitrogens is 1. The predicted molar refractivity (Wildman–Crippen MR) is 66.2 cm³/mol. The van der Waals surface area contributed by atoms with E-state index < -0.39 is 0 Å². The molecule has 1 N–H and O–H groups in total. The first kappa shape index (κ1) is 11.6. The Bertz CT molecular complexity index is 558. The Morgan fingerprint density at radius 2 is 2.12 bits per heavy atom. The van der Waals surface area contributed by atoms with Crippen molar-refractivity contribution in [2.45, 2.75) is 26.7 Å². The molecule has 4 nitrogen and oxygen atoms in total. The minimum atomic E-state index is -0.346. The monoisotopic (exact) mass is 232 g/mol. The van der Waals surface area contributed by atoms with Gasteiger partial charge in [-0.3, -0.25) is 4.98 Å². The molecule has 0 saturated carbocycles. The van der Waals surface area contributed by atoms with Crippen LogP contribution in [0.5, 0.6) is 0 Å². The van der Waals surface area contributed by atoms with Gasteiger partial charge in [0.05, 0.1) is 7.11 Å². The molecule has 2 rings (SSSR count). The van der Waals surface area contributed by atoms with Crippen LogP contribution in [0.4, 0.5) is 0 Å². The molecule has 0 bridgehead atoms. The highest BCUT2D eigenvalue weighted by Crippen LogP contribution is 2.21. The summed E-state index contributed by atoms with van der Waals surface area (Å²) in [6, 6.07) is 3.80. The number of aromatic amines is 1. The third-order valence-corrected chi connectivity index (χ3v) is 2.85. The van der Waals surface area contributed by atoms with E-state index in [1.54, 1.807) is 0 Å². The number of methoxy groups -OCH3 is 1. The number of esters is 1. The summed E-state index contributed by atoms with van der Waals surface area (Å²) in [6.45, 7) is 4.13. The van der Waals surface area contributed by atoms with E-state index in [0.29, 0.717) is 5.69 Å². The van der Waals surface area contributed by atoms with Gasteiger partial charge in [-0.2, -0.15) is 0 Å². The van der Waals surface area contributed by atoms with Crippen molar-refractivity contribution < 1.29 is 9.53 Å². The lowest BCUT2D eigenvalue weighted by Crippen LogP contribution is -2.00. The quantitative estimate of drug-likeness (QED) is 0.827. The Morgan fingerprint density at radius 3 is 2.71 bits per heavy atom. The molecule has 2 heterocycles. The molecular formula is C13H16N2O2. The zero-order chi connectivity index (χ0) is 12.4. The number of carbonyl (C=O) groups is 1. The summed E-state index contributed by atoms with van der Waals surface area (Å²) in [4.78, 5) is 19.1. The van der Waals surface area contributed by atoms with Gasteiger partial charge in [0.2, 0.25) is 0 Å². The van der Waals surface area contributed by atoms with Crippen LogP contribution in [0.2, 0.25) is 0 Å². The van der Waals surface area contributed by atoms with Crippen LogP contribution in [0.1, 0.15) is 35.7 Å². The molecule has 2 aromatic heterocycles. The van der Waals surface area contributed by atoms with Crippen LogP contribution < -0.4 is 0 Å². The highest BCUT2D eigenvalue weighted by Gasteiger charge is 2.12. The van der Waals surface area contributed by atoms with Gasteiger partial charge in [-0.15, -0.1) is 0 Å². The first-order valence-corrected chi connectivity index (χ1v) is 5.79. The summed E-state index contributed by atoms with van der Waals surface area (Å²) >= 11 is 0. The fourth-order valence-corrected chi connectivity index (χ4v) is 1.93. The van der Waals surface area contributed by atoms with Gasteiger partial charge in [0.1, 0.15) is 5.69 Å². The first-order chi connectivity index (χ1) is 8.19. The van der Waals surface area contributed by atoms with Crippen molar-refractivity contribution in [2.24, 2.45) is 0 Å². The van der Waals surface area contributed by atoms with E-state index in [1.165, 1.54) is 7.11 Å². The Balaban J connectivity index is 2.62. The molecule has 90 valence electrons. The summed E-state index contributed by atoms with van der Waals surface area (Å²) < 4.78 is 4.71. The third-order valence-electron chi connectivity index (χ3n) is 2.85. The van der Waals surface area contributed by atoms with Crippen molar-refractivity contribution in [1.82, 2.24) is 9.97 Å². The summed E-state index contributed by atoms with van der Waals surface area (Å²) in [6.07, 6.45) is 1.73. The molecule has 0 saturated heterocycles. The highest BCUT2D eigenvalue weighted by atomic mass is 16.5. The average molecular weight is 232 g/mol. The summed E-state index contributed by atoms with van der Waals surface area (Å²) in [5, 5.41) is 1.00. The van der Waals surface area contributed by atoms with Gasteiger partial charge >= 0.3 is 5.97 Å². The van der Waals surface area contributed by atoms with Gasteiger partial charge in [0, 0.05) is 22.3 Å². The maximum absolute atomic E-state index is 11.5. The van der Waals surface area contributed by atoms with E-state index in [2.05, 4.69) is 23.8 Å². The van der Waals surface area contributed by atoms with Crippen molar-refractivity contribution in [3.8, 4) is 0 Å². The van der Waals surface area contributed by atoms with E-state index in [1.807, 2.05) is 12.1 Å². The third kappa shape index (κ3) is 2.02. The van der Waals surface area contributed by atoms with Crippen LogP contribution in [-0.2, 0) is 17.6 Å². The molecule has 0 amide bonds. The molecule has 0 fully saturated rings. The summed E-state index contributed by atoms with van der Waals surface area (Å²) in [5.41, 5.74) is 3.49. The number of pyridine rings is 1. The lowest BCUT2D eigenvalue weighted by Gasteiger charge is -2.02. The molecular weight excluding hydrogens is 216 g/mol. The second kappa shape index (κ2) is 4.57. The molecule has 0 aliphatic heterocycles. The van der Waals surface area contributed by atoms with Gasteiger partial charge in [-0.05, 0) is 25.0 Å². The molecule has 4 heteroatoms. The normalized spacial score (nSPS) is 10.8. The van der Waals surface area contributed by atoms with Gasteiger partial charge < -0.3 is 9.72 Å². The standard InChI is InChI=1S/C13H16N2O2/c1-4-8-6-11-9(10(5-2)14-8)7-12(15-11)13(16)17-3/h6-7,15H,4-5H2,1-3H3. The van der Waals surface area contributed by atoms with Gasteiger partial charge in [0.25, 0.3) is 0 Å². The Hall–Kier alpha value is -1.84. The van der Waals surface area contributed by atoms with E-state index in [-0.39, 0.29) is 5.97 Å². The number of nitrogens with one attached hydrogen (secondary N) is 1. The zero-order valence-corrected chi connectivity index (χ0v) is 10.3. The largest absolute Gasteiger partial charge is 0.464 e. The van der Waals surface area contributed by atoms with Crippen molar-refractivity contribution in [3.05, 3.63) is 29.2 Å². The van der Waals surface area contributed by atoms with E-state index in [4.69, 9.17) is 4.74 Å². The lowest BCUT2D eigenvalue weighted by atomic mass is 10.1. The minimum Gasteiger partial charge on any atom is -0.464 e. The molecule has 2 aromatic rings. The number of carbonyl (C=O) groups excluding carboxylic acids is 1. The SMILES string of the molecule is CCc1cc2[nH]c(C(=O)OC)cc2c(CC)n1. The molecule has 0 spiro atoms. The molecule has 0 aliphatic rings. The molecule has 0 aliphatic carbocycles. The average Bonchev–Trinajstić information content (AvgIpc) is 2.80. The maximum Gasteiger partial charge on any atom is 0.354 e. The van der Waals surface area contributed by atoms with Crippen LogP contribution in [0, 0.1) is 0 Å².